The van der Waals surface area contributed by atoms with E-state index in [1.807, 2.05) is 0 Å². The summed E-state index contributed by atoms with van der Waals surface area (Å²) in [6, 6.07) is 4.47. The Balaban J connectivity index is 2.08. The summed E-state index contributed by atoms with van der Waals surface area (Å²) in [4.78, 5) is 10.1. The summed E-state index contributed by atoms with van der Waals surface area (Å²) in [6.45, 7) is 1.96. The van der Waals surface area contributed by atoms with E-state index in [9.17, 15) is 10.1 Å². The third-order valence-electron chi connectivity index (χ3n) is 2.80. The molecule has 0 radical (unpaired) electrons. The molecule has 1 heterocycles. The lowest BCUT2D eigenvalue weighted by Gasteiger charge is -2.28. The minimum Gasteiger partial charge on any atom is -0.317 e. The Bertz CT molecular complexity index is 419. The first-order valence-corrected chi connectivity index (χ1v) is 6.00. The second-order valence-electron chi connectivity index (χ2n) is 4.08. The molecule has 0 aromatic heterocycles. The first-order chi connectivity index (χ1) is 8.16. The van der Waals surface area contributed by atoms with E-state index >= 15 is 0 Å². The third-order valence-corrected chi connectivity index (χ3v) is 3.11. The first-order valence-electron chi connectivity index (χ1n) is 5.62. The Labute approximate surface area is 104 Å². The number of hydrogen-bond donors (Lipinski definition) is 1. The SMILES string of the molecule is O=[N+]([O-])c1ccc(NN2CCCCC2)c(Cl)c1. The van der Waals surface area contributed by atoms with Crippen LogP contribution >= 0.6 is 11.6 Å². The van der Waals surface area contributed by atoms with Gasteiger partial charge in [-0.3, -0.25) is 10.1 Å². The van der Waals surface area contributed by atoms with Crippen LogP contribution in [0.2, 0.25) is 5.02 Å². The highest BCUT2D eigenvalue weighted by molar-refractivity contribution is 6.33. The minimum atomic E-state index is -0.448. The molecule has 17 heavy (non-hydrogen) atoms. The maximum absolute atomic E-state index is 10.6. The van der Waals surface area contributed by atoms with Gasteiger partial charge in [-0.05, 0) is 18.9 Å². The van der Waals surface area contributed by atoms with Crippen LogP contribution in [0.5, 0.6) is 0 Å². The van der Waals surface area contributed by atoms with Crippen LogP contribution in [0.1, 0.15) is 19.3 Å². The normalized spacial score (nSPS) is 16.8. The number of benzene rings is 1. The van der Waals surface area contributed by atoms with Crippen LogP contribution in [-0.4, -0.2) is 23.0 Å². The van der Waals surface area contributed by atoms with Gasteiger partial charge >= 0.3 is 0 Å². The molecule has 5 nitrogen and oxygen atoms in total. The van der Waals surface area contributed by atoms with Crippen molar-refractivity contribution in [2.45, 2.75) is 19.3 Å². The first kappa shape index (κ1) is 12.1. The predicted molar refractivity (Wildman–Crippen MR) is 67.2 cm³/mol. The maximum Gasteiger partial charge on any atom is 0.271 e. The molecule has 1 aromatic carbocycles. The molecule has 0 atom stereocenters. The molecule has 6 heteroatoms. The van der Waals surface area contributed by atoms with E-state index in [2.05, 4.69) is 10.4 Å². The monoisotopic (exact) mass is 255 g/mol. The van der Waals surface area contributed by atoms with Gasteiger partial charge in [-0.2, -0.15) is 0 Å². The molecule has 0 bridgehead atoms. The van der Waals surface area contributed by atoms with Crippen molar-refractivity contribution < 1.29 is 4.92 Å². The van der Waals surface area contributed by atoms with Crippen LogP contribution in [0.25, 0.3) is 0 Å². The van der Waals surface area contributed by atoms with E-state index in [0.29, 0.717) is 5.02 Å². The average Bonchev–Trinajstić information content (AvgIpc) is 2.33. The standard InChI is InChI=1S/C11H14ClN3O2/c12-10-8-9(15(16)17)4-5-11(10)13-14-6-2-1-3-7-14/h4-5,8,13H,1-3,6-7H2. The molecule has 0 unspecified atom stereocenters. The van der Waals surface area contributed by atoms with Crippen molar-refractivity contribution in [3.05, 3.63) is 33.3 Å². The molecule has 92 valence electrons. The lowest BCUT2D eigenvalue weighted by molar-refractivity contribution is -0.384. The van der Waals surface area contributed by atoms with Crippen LogP contribution in [0.15, 0.2) is 18.2 Å². The maximum atomic E-state index is 10.6. The summed E-state index contributed by atoms with van der Waals surface area (Å²) >= 11 is 6.00. The molecule has 1 saturated heterocycles. The van der Waals surface area contributed by atoms with Gasteiger partial charge in [-0.1, -0.05) is 18.0 Å². The van der Waals surface area contributed by atoms with Crippen molar-refractivity contribution >= 4 is 23.0 Å². The fraction of sp³-hybridized carbons (Fsp3) is 0.455. The summed E-state index contributed by atoms with van der Waals surface area (Å²) in [5.41, 5.74) is 3.93. The average molecular weight is 256 g/mol. The Kier molecular flexibility index (Phi) is 3.81. The molecular formula is C11H14ClN3O2. The number of halogens is 1. The predicted octanol–water partition coefficient (Wildman–Crippen LogP) is 3.06. The smallest absolute Gasteiger partial charge is 0.271 e. The zero-order valence-electron chi connectivity index (χ0n) is 9.36. The number of nitro groups is 1. The van der Waals surface area contributed by atoms with Crippen molar-refractivity contribution in [2.24, 2.45) is 0 Å². The Morgan fingerprint density at radius 1 is 1.29 bits per heavy atom. The van der Waals surface area contributed by atoms with Gasteiger partial charge in [-0.25, -0.2) is 5.01 Å². The van der Waals surface area contributed by atoms with Gasteiger partial charge in [0.1, 0.15) is 0 Å². The number of nitrogens with zero attached hydrogens (tertiary/aromatic N) is 2. The highest BCUT2D eigenvalue weighted by Crippen LogP contribution is 2.27. The third kappa shape index (κ3) is 3.08. The van der Waals surface area contributed by atoms with E-state index in [1.165, 1.54) is 18.6 Å². The van der Waals surface area contributed by atoms with E-state index in [4.69, 9.17) is 11.6 Å². The molecular weight excluding hydrogens is 242 g/mol. The summed E-state index contributed by atoms with van der Waals surface area (Å²) in [6.07, 6.45) is 3.58. The number of hydrogen-bond acceptors (Lipinski definition) is 4. The number of piperidine rings is 1. The van der Waals surface area contributed by atoms with Crippen molar-refractivity contribution in [2.75, 3.05) is 18.5 Å². The van der Waals surface area contributed by atoms with Crippen molar-refractivity contribution in [3.63, 3.8) is 0 Å². The number of rotatable bonds is 3. The number of hydrazine groups is 1. The van der Waals surface area contributed by atoms with Gasteiger partial charge in [0.05, 0.1) is 15.6 Å². The van der Waals surface area contributed by atoms with Crippen molar-refractivity contribution in [1.82, 2.24) is 5.01 Å². The molecule has 1 aliphatic rings. The molecule has 0 spiro atoms. The van der Waals surface area contributed by atoms with Crippen molar-refractivity contribution in [3.8, 4) is 0 Å². The summed E-state index contributed by atoms with van der Waals surface area (Å²) in [7, 11) is 0. The zero-order valence-corrected chi connectivity index (χ0v) is 10.1. The van der Waals surface area contributed by atoms with Gasteiger partial charge < -0.3 is 5.43 Å². The summed E-state index contributed by atoms with van der Waals surface area (Å²) < 4.78 is 0. The topological polar surface area (TPSA) is 58.4 Å². The lowest BCUT2D eigenvalue weighted by Crippen LogP contribution is -2.34. The largest absolute Gasteiger partial charge is 0.317 e. The quantitative estimate of drug-likeness (QED) is 0.666. The Morgan fingerprint density at radius 2 is 2.00 bits per heavy atom. The van der Waals surface area contributed by atoms with Crippen molar-refractivity contribution in [1.29, 1.82) is 0 Å². The molecule has 0 amide bonds. The van der Waals surface area contributed by atoms with E-state index in [1.54, 1.807) is 6.07 Å². The van der Waals surface area contributed by atoms with Gasteiger partial charge in [0.15, 0.2) is 0 Å². The van der Waals surface area contributed by atoms with E-state index in [-0.39, 0.29) is 5.69 Å². The van der Waals surface area contributed by atoms with E-state index < -0.39 is 4.92 Å². The summed E-state index contributed by atoms with van der Waals surface area (Å²) in [5.74, 6) is 0. The number of anilines is 1. The fourth-order valence-electron chi connectivity index (χ4n) is 1.88. The Hall–Kier alpha value is -1.33. The second-order valence-corrected chi connectivity index (χ2v) is 4.49. The van der Waals surface area contributed by atoms with E-state index in [0.717, 1.165) is 31.6 Å². The van der Waals surface area contributed by atoms with Crippen LogP contribution in [0.3, 0.4) is 0 Å². The van der Waals surface area contributed by atoms with Gasteiger partial charge in [-0.15, -0.1) is 0 Å². The van der Waals surface area contributed by atoms with Gasteiger partial charge in [0, 0.05) is 25.2 Å². The van der Waals surface area contributed by atoms with Crippen LogP contribution in [-0.2, 0) is 0 Å². The number of non-ortho nitro benzene ring substituents is 1. The molecule has 1 aromatic rings. The van der Waals surface area contributed by atoms with Gasteiger partial charge in [0.25, 0.3) is 5.69 Å². The fourth-order valence-corrected chi connectivity index (χ4v) is 2.10. The number of nitrogens with one attached hydrogen (secondary N) is 1. The van der Waals surface area contributed by atoms with Gasteiger partial charge in [0.2, 0.25) is 0 Å². The molecule has 1 aliphatic heterocycles. The molecule has 0 aliphatic carbocycles. The Morgan fingerprint density at radius 3 is 2.59 bits per heavy atom. The van der Waals surface area contributed by atoms with Crippen LogP contribution in [0, 0.1) is 10.1 Å². The lowest BCUT2D eigenvalue weighted by atomic mass is 10.2. The van der Waals surface area contributed by atoms with Crippen LogP contribution in [0.4, 0.5) is 11.4 Å². The molecule has 1 N–H and O–H groups in total. The zero-order chi connectivity index (χ0) is 12.3. The molecule has 2 rings (SSSR count). The molecule has 0 saturated carbocycles. The number of nitro benzene ring substituents is 1. The summed E-state index contributed by atoms with van der Waals surface area (Å²) in [5, 5.41) is 13.0. The molecule has 1 fully saturated rings. The highest BCUT2D eigenvalue weighted by atomic mass is 35.5. The second kappa shape index (κ2) is 5.33. The minimum absolute atomic E-state index is 0.0131. The van der Waals surface area contributed by atoms with Crippen LogP contribution < -0.4 is 5.43 Å². The highest BCUT2D eigenvalue weighted by Gasteiger charge is 2.13.